The first-order valence-electron chi connectivity index (χ1n) is 3.42. The minimum atomic E-state index is -0.302. The minimum absolute atomic E-state index is 0.273. The van der Waals surface area contributed by atoms with E-state index in [1.54, 1.807) is 11.3 Å². The molecule has 2 aromatic rings. The standard InChI is InChI=1S/C7H5NO2S3/c1-11-6-5-4(2-3-12-5)13-7(6)8(9)10/h2-3H,1H3. The average molecular weight is 231 g/mol. The zero-order valence-electron chi connectivity index (χ0n) is 6.64. The fraction of sp³-hybridized carbons (Fsp3) is 0.143. The second-order valence-electron chi connectivity index (χ2n) is 2.31. The number of hydrogen-bond acceptors (Lipinski definition) is 5. The molecule has 0 unspecified atom stereocenters. The van der Waals surface area contributed by atoms with Crippen LogP contribution in [0.3, 0.4) is 0 Å². The van der Waals surface area contributed by atoms with Gasteiger partial charge in [-0.15, -0.1) is 23.1 Å². The van der Waals surface area contributed by atoms with Gasteiger partial charge in [0.1, 0.15) is 4.90 Å². The number of nitro groups is 1. The summed E-state index contributed by atoms with van der Waals surface area (Å²) in [4.78, 5) is 11.2. The third-order valence-corrected chi connectivity index (χ3v) is 4.84. The molecule has 2 heterocycles. The largest absolute Gasteiger partial charge is 0.339 e. The monoisotopic (exact) mass is 231 g/mol. The van der Waals surface area contributed by atoms with Crippen LogP contribution in [0.15, 0.2) is 16.3 Å². The van der Waals surface area contributed by atoms with Crippen LogP contribution in [0.25, 0.3) is 9.40 Å². The summed E-state index contributed by atoms with van der Waals surface area (Å²) in [5.41, 5.74) is 0. The van der Waals surface area contributed by atoms with E-state index in [0.29, 0.717) is 0 Å². The van der Waals surface area contributed by atoms with Crippen LogP contribution in [0.5, 0.6) is 0 Å². The summed E-state index contributed by atoms with van der Waals surface area (Å²) in [6.07, 6.45) is 1.87. The lowest BCUT2D eigenvalue weighted by molar-refractivity contribution is -0.382. The molecule has 0 amide bonds. The van der Waals surface area contributed by atoms with E-state index >= 15 is 0 Å². The molecule has 0 atom stereocenters. The van der Waals surface area contributed by atoms with Crippen LogP contribution in [0, 0.1) is 10.1 Å². The van der Waals surface area contributed by atoms with E-state index in [1.807, 2.05) is 17.7 Å². The zero-order valence-corrected chi connectivity index (χ0v) is 9.09. The fourth-order valence-electron chi connectivity index (χ4n) is 1.09. The summed E-state index contributed by atoms with van der Waals surface area (Å²) in [7, 11) is 0. The third kappa shape index (κ3) is 1.34. The Morgan fingerprint density at radius 3 is 3.00 bits per heavy atom. The number of rotatable bonds is 2. The van der Waals surface area contributed by atoms with E-state index in [-0.39, 0.29) is 9.92 Å². The molecule has 0 aromatic carbocycles. The van der Waals surface area contributed by atoms with Crippen LogP contribution in [0.4, 0.5) is 5.00 Å². The Morgan fingerprint density at radius 2 is 2.38 bits per heavy atom. The average Bonchev–Trinajstić information content (AvgIpc) is 2.60. The molecule has 68 valence electrons. The fourth-order valence-corrected chi connectivity index (χ4v) is 4.43. The van der Waals surface area contributed by atoms with Crippen LogP contribution in [-0.2, 0) is 0 Å². The maximum atomic E-state index is 10.7. The molecule has 0 aliphatic heterocycles. The lowest BCUT2D eigenvalue weighted by atomic mass is 10.5. The third-order valence-electron chi connectivity index (χ3n) is 1.61. The molecular formula is C7H5NO2S3. The van der Waals surface area contributed by atoms with Crippen molar-refractivity contribution in [2.75, 3.05) is 6.26 Å². The number of thioether (sulfide) groups is 1. The predicted octanol–water partition coefficient (Wildman–Crippen LogP) is 3.59. The number of thiophene rings is 2. The molecule has 6 heteroatoms. The molecule has 3 nitrogen and oxygen atoms in total. The Bertz CT molecular complexity index is 459. The highest BCUT2D eigenvalue weighted by Crippen LogP contribution is 2.44. The molecule has 0 bridgehead atoms. The second kappa shape index (κ2) is 3.28. The lowest BCUT2D eigenvalue weighted by Gasteiger charge is -1.89. The number of hydrogen-bond donors (Lipinski definition) is 0. The molecule has 0 fully saturated rings. The molecule has 0 radical (unpaired) electrons. The van der Waals surface area contributed by atoms with Gasteiger partial charge >= 0.3 is 5.00 Å². The van der Waals surface area contributed by atoms with Crippen molar-refractivity contribution < 1.29 is 4.92 Å². The summed E-state index contributed by atoms with van der Waals surface area (Å²) >= 11 is 4.26. The van der Waals surface area contributed by atoms with Crippen LogP contribution < -0.4 is 0 Å². The molecular weight excluding hydrogens is 226 g/mol. The van der Waals surface area contributed by atoms with Crippen molar-refractivity contribution in [1.29, 1.82) is 0 Å². The first-order valence-corrected chi connectivity index (χ1v) is 6.34. The highest BCUT2D eigenvalue weighted by Gasteiger charge is 2.21. The van der Waals surface area contributed by atoms with Gasteiger partial charge in [0, 0.05) is 0 Å². The molecule has 0 aliphatic carbocycles. The van der Waals surface area contributed by atoms with Gasteiger partial charge in [-0.05, 0) is 17.7 Å². The van der Waals surface area contributed by atoms with Crippen LogP contribution in [0.1, 0.15) is 0 Å². The van der Waals surface area contributed by atoms with E-state index in [2.05, 4.69) is 0 Å². The molecule has 0 saturated heterocycles. The van der Waals surface area contributed by atoms with Gasteiger partial charge in [-0.3, -0.25) is 10.1 Å². The van der Waals surface area contributed by atoms with Crippen LogP contribution >= 0.6 is 34.4 Å². The molecule has 0 aliphatic rings. The maximum absolute atomic E-state index is 10.7. The van der Waals surface area contributed by atoms with Crippen molar-refractivity contribution in [3.8, 4) is 0 Å². The maximum Gasteiger partial charge on any atom is 0.339 e. The Labute approximate surface area is 86.5 Å². The van der Waals surface area contributed by atoms with E-state index in [1.165, 1.54) is 23.1 Å². The SMILES string of the molecule is CSc1c([N+](=O)[O-])sc2ccsc12. The predicted molar refractivity (Wildman–Crippen MR) is 58.1 cm³/mol. The minimum Gasteiger partial charge on any atom is -0.258 e. The number of fused-ring (bicyclic) bond motifs is 1. The summed E-state index contributed by atoms with van der Waals surface area (Å²) < 4.78 is 2.06. The van der Waals surface area contributed by atoms with Crippen LogP contribution in [-0.4, -0.2) is 11.2 Å². The molecule has 0 saturated carbocycles. The van der Waals surface area contributed by atoms with Gasteiger partial charge in [0.15, 0.2) is 0 Å². The quantitative estimate of drug-likeness (QED) is 0.450. The molecule has 0 spiro atoms. The first-order chi connectivity index (χ1) is 6.24. The second-order valence-corrected chi connectivity index (χ2v) is 5.07. The van der Waals surface area contributed by atoms with E-state index < -0.39 is 0 Å². The Kier molecular flexibility index (Phi) is 2.27. The van der Waals surface area contributed by atoms with Gasteiger partial charge < -0.3 is 0 Å². The van der Waals surface area contributed by atoms with Gasteiger partial charge in [-0.2, -0.15) is 0 Å². The zero-order chi connectivity index (χ0) is 9.42. The molecule has 0 N–H and O–H groups in total. The van der Waals surface area contributed by atoms with Gasteiger partial charge in [0.05, 0.1) is 14.3 Å². The van der Waals surface area contributed by atoms with Crippen molar-refractivity contribution in [2.24, 2.45) is 0 Å². The highest BCUT2D eigenvalue weighted by molar-refractivity contribution is 7.99. The van der Waals surface area contributed by atoms with Gasteiger partial charge in [0.2, 0.25) is 0 Å². The summed E-state index contributed by atoms with van der Waals surface area (Å²) in [5.74, 6) is 0. The normalized spacial score (nSPS) is 10.8. The Balaban J connectivity index is 2.74. The van der Waals surface area contributed by atoms with Gasteiger partial charge in [-0.25, -0.2) is 0 Å². The summed E-state index contributed by atoms with van der Waals surface area (Å²) in [6, 6.07) is 1.93. The van der Waals surface area contributed by atoms with Crippen molar-refractivity contribution in [3.05, 3.63) is 21.6 Å². The van der Waals surface area contributed by atoms with Crippen molar-refractivity contribution in [2.45, 2.75) is 4.90 Å². The number of nitrogens with zero attached hydrogens (tertiary/aromatic N) is 1. The summed E-state index contributed by atoms with van der Waals surface area (Å²) in [6.45, 7) is 0. The first kappa shape index (κ1) is 8.98. The van der Waals surface area contributed by atoms with E-state index in [9.17, 15) is 10.1 Å². The van der Waals surface area contributed by atoms with E-state index in [0.717, 1.165) is 14.3 Å². The van der Waals surface area contributed by atoms with Crippen molar-refractivity contribution in [3.63, 3.8) is 0 Å². The summed E-state index contributed by atoms with van der Waals surface area (Å²) in [5, 5.41) is 12.9. The topological polar surface area (TPSA) is 43.1 Å². The molecule has 2 rings (SSSR count). The highest BCUT2D eigenvalue weighted by atomic mass is 32.2. The van der Waals surface area contributed by atoms with Crippen molar-refractivity contribution in [1.82, 2.24) is 0 Å². The molecule has 2 aromatic heterocycles. The lowest BCUT2D eigenvalue weighted by Crippen LogP contribution is -1.84. The van der Waals surface area contributed by atoms with Crippen molar-refractivity contribution >= 4 is 48.8 Å². The Morgan fingerprint density at radius 1 is 1.62 bits per heavy atom. The van der Waals surface area contributed by atoms with E-state index in [4.69, 9.17) is 0 Å². The van der Waals surface area contributed by atoms with Gasteiger partial charge in [-0.1, -0.05) is 11.3 Å². The van der Waals surface area contributed by atoms with Crippen LogP contribution in [0.2, 0.25) is 0 Å². The smallest absolute Gasteiger partial charge is 0.258 e. The molecule has 13 heavy (non-hydrogen) atoms. The Hall–Kier alpha value is -0.590. The van der Waals surface area contributed by atoms with Gasteiger partial charge in [0.25, 0.3) is 0 Å².